The Labute approximate surface area is 93.8 Å². The first-order valence-corrected chi connectivity index (χ1v) is 6.08. The maximum absolute atomic E-state index is 6.12. The van der Waals surface area contributed by atoms with Gasteiger partial charge in [-0.2, -0.15) is 0 Å². The maximum atomic E-state index is 6.12. The van der Waals surface area contributed by atoms with Gasteiger partial charge in [0.05, 0.1) is 0 Å². The van der Waals surface area contributed by atoms with E-state index < -0.39 is 0 Å². The number of hydrogen-bond acceptors (Lipinski definition) is 1. The van der Waals surface area contributed by atoms with Crippen LogP contribution in [0.3, 0.4) is 0 Å². The van der Waals surface area contributed by atoms with Crippen LogP contribution in [-0.2, 0) is 12.8 Å². The summed E-state index contributed by atoms with van der Waals surface area (Å²) < 4.78 is 1.25. The Morgan fingerprint density at radius 1 is 1.50 bits per heavy atom. The number of hydrogen-bond donors (Lipinski definition) is 1. The smallest absolute Gasteiger partial charge is 0.0298 e. The zero-order valence-corrected chi connectivity index (χ0v) is 10.1. The molecule has 0 bridgehead atoms. The van der Waals surface area contributed by atoms with Gasteiger partial charge in [0.25, 0.3) is 0 Å². The summed E-state index contributed by atoms with van der Waals surface area (Å²) in [5.41, 5.74) is 10.3. The summed E-state index contributed by atoms with van der Waals surface area (Å²) >= 11 is 3.65. The molecule has 1 aromatic rings. The molecule has 0 aromatic heterocycles. The van der Waals surface area contributed by atoms with E-state index in [-0.39, 0.29) is 6.04 Å². The van der Waals surface area contributed by atoms with Gasteiger partial charge in [-0.25, -0.2) is 0 Å². The molecule has 0 radical (unpaired) electrons. The first-order valence-electron chi connectivity index (χ1n) is 5.29. The van der Waals surface area contributed by atoms with Crippen LogP contribution in [0.1, 0.15) is 42.5 Å². The molecule has 0 aliphatic heterocycles. The molecule has 1 nitrogen and oxygen atoms in total. The molecule has 2 rings (SSSR count). The quantitative estimate of drug-likeness (QED) is 0.817. The highest BCUT2D eigenvalue weighted by atomic mass is 79.9. The molecule has 0 saturated carbocycles. The lowest BCUT2D eigenvalue weighted by Crippen LogP contribution is -2.18. The van der Waals surface area contributed by atoms with Gasteiger partial charge in [-0.15, -0.1) is 0 Å². The lowest BCUT2D eigenvalue weighted by atomic mass is 9.87. The van der Waals surface area contributed by atoms with E-state index in [4.69, 9.17) is 5.73 Å². The fourth-order valence-corrected chi connectivity index (χ4v) is 2.89. The molecular formula is C12H16BrN. The number of aryl methyl sites for hydroxylation is 1. The summed E-state index contributed by atoms with van der Waals surface area (Å²) in [6.07, 6.45) is 4.61. The standard InChI is InChI=1S/C12H16BrN/c1-2-8-6-10-9(11(13)7-8)4-3-5-12(10)14/h6-7,12H,2-5,14H2,1H3. The van der Waals surface area contributed by atoms with Crippen molar-refractivity contribution in [1.29, 1.82) is 0 Å². The third kappa shape index (κ3) is 1.73. The van der Waals surface area contributed by atoms with E-state index in [9.17, 15) is 0 Å². The van der Waals surface area contributed by atoms with Crippen molar-refractivity contribution in [3.63, 3.8) is 0 Å². The van der Waals surface area contributed by atoms with Crippen LogP contribution < -0.4 is 5.73 Å². The van der Waals surface area contributed by atoms with Crippen molar-refractivity contribution >= 4 is 15.9 Å². The molecule has 1 atom stereocenters. The van der Waals surface area contributed by atoms with Crippen molar-refractivity contribution < 1.29 is 0 Å². The Bertz CT molecular complexity index is 346. The lowest BCUT2D eigenvalue weighted by Gasteiger charge is -2.24. The summed E-state index contributed by atoms with van der Waals surface area (Å²) in [7, 11) is 0. The average molecular weight is 254 g/mol. The van der Waals surface area contributed by atoms with Crippen LogP contribution in [0.15, 0.2) is 16.6 Å². The largest absolute Gasteiger partial charge is 0.324 e. The minimum Gasteiger partial charge on any atom is -0.324 e. The van der Waals surface area contributed by atoms with Gasteiger partial charge in [0, 0.05) is 10.5 Å². The van der Waals surface area contributed by atoms with E-state index in [2.05, 4.69) is 35.0 Å². The van der Waals surface area contributed by atoms with Crippen molar-refractivity contribution in [2.75, 3.05) is 0 Å². The molecule has 1 aromatic carbocycles. The maximum Gasteiger partial charge on any atom is 0.0298 e. The number of nitrogens with two attached hydrogens (primary N) is 1. The van der Waals surface area contributed by atoms with E-state index in [1.54, 1.807) is 0 Å². The molecule has 1 aliphatic carbocycles. The summed E-state index contributed by atoms with van der Waals surface area (Å²) in [5, 5.41) is 0. The van der Waals surface area contributed by atoms with Gasteiger partial charge < -0.3 is 5.73 Å². The van der Waals surface area contributed by atoms with Crippen LogP contribution in [0, 0.1) is 0 Å². The van der Waals surface area contributed by atoms with Crippen molar-refractivity contribution in [3.8, 4) is 0 Å². The van der Waals surface area contributed by atoms with Crippen LogP contribution in [-0.4, -0.2) is 0 Å². The number of fused-ring (bicyclic) bond motifs is 1. The van der Waals surface area contributed by atoms with Crippen LogP contribution in [0.2, 0.25) is 0 Å². The van der Waals surface area contributed by atoms with Gasteiger partial charge in [0.2, 0.25) is 0 Å². The second-order valence-electron chi connectivity index (χ2n) is 4.00. The van der Waals surface area contributed by atoms with Crippen LogP contribution in [0.4, 0.5) is 0 Å². The van der Waals surface area contributed by atoms with E-state index in [1.165, 1.54) is 34.0 Å². The molecule has 0 heterocycles. The SMILES string of the molecule is CCc1cc(Br)c2c(c1)C(N)CCC2. The third-order valence-corrected chi connectivity index (χ3v) is 3.75. The highest BCUT2D eigenvalue weighted by Crippen LogP contribution is 2.34. The molecule has 0 fully saturated rings. The van der Waals surface area contributed by atoms with Gasteiger partial charge in [0.1, 0.15) is 0 Å². The molecule has 1 aliphatic rings. The van der Waals surface area contributed by atoms with E-state index in [0.717, 1.165) is 12.8 Å². The lowest BCUT2D eigenvalue weighted by molar-refractivity contribution is 0.568. The first-order chi connectivity index (χ1) is 6.72. The number of halogens is 1. The molecule has 14 heavy (non-hydrogen) atoms. The van der Waals surface area contributed by atoms with Crippen molar-refractivity contribution in [2.45, 2.75) is 38.6 Å². The summed E-state index contributed by atoms with van der Waals surface area (Å²) in [5.74, 6) is 0. The molecule has 76 valence electrons. The molecule has 1 unspecified atom stereocenters. The van der Waals surface area contributed by atoms with Crippen LogP contribution in [0.5, 0.6) is 0 Å². The fraction of sp³-hybridized carbons (Fsp3) is 0.500. The summed E-state index contributed by atoms with van der Waals surface area (Å²) in [4.78, 5) is 0. The van der Waals surface area contributed by atoms with Gasteiger partial charge in [-0.3, -0.25) is 0 Å². The third-order valence-electron chi connectivity index (χ3n) is 3.04. The number of benzene rings is 1. The Kier molecular flexibility index (Phi) is 2.93. The zero-order chi connectivity index (χ0) is 10.1. The predicted molar refractivity (Wildman–Crippen MR) is 63.4 cm³/mol. The molecule has 2 heteroatoms. The van der Waals surface area contributed by atoms with Gasteiger partial charge in [-0.1, -0.05) is 28.9 Å². The predicted octanol–water partition coefficient (Wildman–Crippen LogP) is 3.35. The minimum atomic E-state index is 0.251. The molecule has 0 amide bonds. The van der Waals surface area contributed by atoms with Crippen LogP contribution >= 0.6 is 15.9 Å². The average Bonchev–Trinajstić information content (AvgIpc) is 2.19. The summed E-state index contributed by atoms with van der Waals surface area (Å²) in [6.45, 7) is 2.18. The normalized spacial score (nSPS) is 20.6. The van der Waals surface area contributed by atoms with Gasteiger partial charge in [0.15, 0.2) is 0 Å². The van der Waals surface area contributed by atoms with Crippen molar-refractivity contribution in [1.82, 2.24) is 0 Å². The Morgan fingerprint density at radius 2 is 2.29 bits per heavy atom. The zero-order valence-electron chi connectivity index (χ0n) is 8.52. The first kappa shape index (κ1) is 10.2. The van der Waals surface area contributed by atoms with Crippen LogP contribution in [0.25, 0.3) is 0 Å². The molecule has 2 N–H and O–H groups in total. The fourth-order valence-electron chi connectivity index (χ4n) is 2.17. The highest BCUT2D eigenvalue weighted by molar-refractivity contribution is 9.10. The Hall–Kier alpha value is -0.340. The van der Waals surface area contributed by atoms with E-state index >= 15 is 0 Å². The van der Waals surface area contributed by atoms with Gasteiger partial charge >= 0.3 is 0 Å². The topological polar surface area (TPSA) is 26.0 Å². The molecular weight excluding hydrogens is 238 g/mol. The second-order valence-corrected chi connectivity index (χ2v) is 4.85. The Balaban J connectivity index is 2.51. The minimum absolute atomic E-state index is 0.251. The highest BCUT2D eigenvalue weighted by Gasteiger charge is 2.19. The second kappa shape index (κ2) is 4.03. The molecule has 0 saturated heterocycles. The number of rotatable bonds is 1. The van der Waals surface area contributed by atoms with Gasteiger partial charge in [-0.05, 0) is 48.4 Å². The summed E-state index contributed by atoms with van der Waals surface area (Å²) in [6, 6.07) is 4.77. The van der Waals surface area contributed by atoms with Crippen molar-refractivity contribution in [3.05, 3.63) is 33.3 Å². The van der Waals surface area contributed by atoms with Crippen molar-refractivity contribution in [2.24, 2.45) is 5.73 Å². The van der Waals surface area contributed by atoms with E-state index in [0.29, 0.717) is 0 Å². The monoisotopic (exact) mass is 253 g/mol. The molecule has 0 spiro atoms. The van der Waals surface area contributed by atoms with E-state index in [1.807, 2.05) is 0 Å². The Morgan fingerprint density at radius 3 is 3.00 bits per heavy atom.